The minimum Gasteiger partial charge on any atom is -0.496 e. The van der Waals surface area contributed by atoms with Crippen molar-refractivity contribution in [3.8, 4) is 5.75 Å². The summed E-state index contributed by atoms with van der Waals surface area (Å²) < 4.78 is 10.5. The molecule has 2 rings (SSSR count). The summed E-state index contributed by atoms with van der Waals surface area (Å²) in [6.07, 6.45) is 2.50. The Labute approximate surface area is 123 Å². The molecule has 112 valence electrons. The summed E-state index contributed by atoms with van der Waals surface area (Å²) in [6.45, 7) is 1.48. The van der Waals surface area contributed by atoms with Crippen molar-refractivity contribution in [1.29, 1.82) is 0 Å². The molecule has 0 saturated carbocycles. The molecule has 1 aromatic heterocycles. The fourth-order valence-electron chi connectivity index (χ4n) is 2.02. The van der Waals surface area contributed by atoms with E-state index in [9.17, 15) is 0 Å². The van der Waals surface area contributed by atoms with E-state index in [-0.39, 0.29) is 5.84 Å². The third-order valence-electron chi connectivity index (χ3n) is 3.10. The molecule has 4 N–H and O–H groups in total. The Hall–Kier alpha value is -2.47. The third kappa shape index (κ3) is 4.00. The van der Waals surface area contributed by atoms with Crippen LogP contribution in [0.1, 0.15) is 16.9 Å². The van der Waals surface area contributed by atoms with Crippen molar-refractivity contribution < 1.29 is 14.4 Å². The van der Waals surface area contributed by atoms with Gasteiger partial charge in [-0.1, -0.05) is 11.2 Å². The molecular formula is C15H19N3O3. The largest absolute Gasteiger partial charge is 0.496 e. The molecule has 0 atom stereocenters. The van der Waals surface area contributed by atoms with E-state index in [4.69, 9.17) is 20.1 Å². The van der Waals surface area contributed by atoms with Crippen molar-refractivity contribution in [3.63, 3.8) is 0 Å². The van der Waals surface area contributed by atoms with Gasteiger partial charge < -0.3 is 25.4 Å². The van der Waals surface area contributed by atoms with Crippen LogP contribution >= 0.6 is 0 Å². The summed E-state index contributed by atoms with van der Waals surface area (Å²) in [4.78, 5) is 0. The number of rotatable bonds is 7. The monoisotopic (exact) mass is 289 g/mol. The van der Waals surface area contributed by atoms with E-state index in [0.29, 0.717) is 17.9 Å². The van der Waals surface area contributed by atoms with Crippen LogP contribution in [0.3, 0.4) is 0 Å². The Kier molecular flexibility index (Phi) is 5.22. The van der Waals surface area contributed by atoms with Gasteiger partial charge in [-0.3, -0.25) is 0 Å². The second-order valence-electron chi connectivity index (χ2n) is 4.53. The number of hydrogen-bond donors (Lipinski definition) is 3. The van der Waals surface area contributed by atoms with Gasteiger partial charge in [0.1, 0.15) is 11.5 Å². The molecule has 0 fully saturated rings. The Morgan fingerprint density at radius 3 is 2.95 bits per heavy atom. The van der Waals surface area contributed by atoms with E-state index in [2.05, 4.69) is 10.5 Å². The first-order valence-electron chi connectivity index (χ1n) is 6.62. The highest BCUT2D eigenvalue weighted by molar-refractivity contribution is 5.99. The molecule has 0 aliphatic rings. The molecule has 2 aromatic rings. The Bertz CT molecular complexity index is 594. The average Bonchev–Trinajstić information content (AvgIpc) is 3.04. The highest BCUT2D eigenvalue weighted by Crippen LogP contribution is 2.19. The standard InChI is InChI=1S/C15H19N3O3/c1-20-14-5-4-11(9-13(14)15(16)18-19)10-17-7-6-12-3-2-8-21-12/h2-5,8-9,17,19H,6-7,10H2,1H3,(H2,16,18). The van der Waals surface area contributed by atoms with Gasteiger partial charge in [0.25, 0.3) is 0 Å². The number of ether oxygens (including phenoxy) is 1. The summed E-state index contributed by atoms with van der Waals surface area (Å²) in [7, 11) is 1.55. The number of nitrogens with zero attached hydrogens (tertiary/aromatic N) is 1. The average molecular weight is 289 g/mol. The van der Waals surface area contributed by atoms with Gasteiger partial charge in [-0.2, -0.15) is 0 Å². The highest BCUT2D eigenvalue weighted by Gasteiger charge is 2.08. The van der Waals surface area contributed by atoms with E-state index in [1.165, 1.54) is 0 Å². The Morgan fingerprint density at radius 1 is 1.43 bits per heavy atom. The van der Waals surface area contributed by atoms with Gasteiger partial charge in [0.15, 0.2) is 5.84 Å². The quantitative estimate of drug-likeness (QED) is 0.237. The fraction of sp³-hybridized carbons (Fsp3) is 0.267. The molecule has 0 spiro atoms. The number of hydrogen-bond acceptors (Lipinski definition) is 5. The zero-order chi connectivity index (χ0) is 15.1. The lowest BCUT2D eigenvalue weighted by Gasteiger charge is -2.10. The minimum atomic E-state index is 0.0317. The lowest BCUT2D eigenvalue weighted by molar-refractivity contribution is 0.318. The zero-order valence-corrected chi connectivity index (χ0v) is 11.9. The Balaban J connectivity index is 1.94. The molecule has 1 heterocycles. The van der Waals surface area contributed by atoms with Crippen molar-refractivity contribution in [1.82, 2.24) is 5.32 Å². The van der Waals surface area contributed by atoms with Crippen LogP contribution in [-0.4, -0.2) is 24.7 Å². The maximum atomic E-state index is 8.80. The number of methoxy groups -OCH3 is 1. The number of oxime groups is 1. The van der Waals surface area contributed by atoms with Crippen LogP contribution < -0.4 is 15.8 Å². The summed E-state index contributed by atoms with van der Waals surface area (Å²) in [5.41, 5.74) is 7.24. The maximum absolute atomic E-state index is 8.80. The van der Waals surface area contributed by atoms with Crippen molar-refractivity contribution in [2.75, 3.05) is 13.7 Å². The Morgan fingerprint density at radius 2 is 2.29 bits per heavy atom. The molecule has 0 saturated heterocycles. The number of nitrogens with two attached hydrogens (primary N) is 1. The predicted molar refractivity (Wildman–Crippen MR) is 79.6 cm³/mol. The topological polar surface area (TPSA) is 93.0 Å². The first-order chi connectivity index (χ1) is 10.2. The molecule has 0 amide bonds. The second kappa shape index (κ2) is 7.35. The molecule has 6 heteroatoms. The van der Waals surface area contributed by atoms with Crippen molar-refractivity contribution in [2.45, 2.75) is 13.0 Å². The van der Waals surface area contributed by atoms with Crippen molar-refractivity contribution in [3.05, 3.63) is 53.5 Å². The SMILES string of the molecule is COc1ccc(CNCCc2ccco2)cc1C(N)=NO. The van der Waals surface area contributed by atoms with Gasteiger partial charge in [0.2, 0.25) is 0 Å². The van der Waals surface area contributed by atoms with Gasteiger partial charge in [-0.25, -0.2) is 0 Å². The van der Waals surface area contributed by atoms with Crippen LogP contribution in [0.25, 0.3) is 0 Å². The molecule has 0 aliphatic carbocycles. The van der Waals surface area contributed by atoms with Crippen LogP contribution in [-0.2, 0) is 13.0 Å². The molecular weight excluding hydrogens is 270 g/mol. The van der Waals surface area contributed by atoms with Crippen molar-refractivity contribution >= 4 is 5.84 Å². The fourth-order valence-corrected chi connectivity index (χ4v) is 2.02. The summed E-state index contributed by atoms with van der Waals surface area (Å²) in [5.74, 6) is 1.56. The molecule has 6 nitrogen and oxygen atoms in total. The molecule has 0 bridgehead atoms. The van der Waals surface area contributed by atoms with E-state index >= 15 is 0 Å². The summed E-state index contributed by atoms with van der Waals surface area (Å²) in [5, 5.41) is 15.1. The van der Waals surface area contributed by atoms with Crippen molar-refractivity contribution in [2.24, 2.45) is 10.9 Å². The zero-order valence-electron chi connectivity index (χ0n) is 11.9. The van der Waals surface area contributed by atoms with Gasteiger partial charge in [-0.15, -0.1) is 0 Å². The molecule has 21 heavy (non-hydrogen) atoms. The number of nitrogens with one attached hydrogen (secondary N) is 1. The van der Waals surface area contributed by atoms with Crippen LogP contribution in [0.2, 0.25) is 0 Å². The van der Waals surface area contributed by atoms with E-state index in [1.54, 1.807) is 19.4 Å². The maximum Gasteiger partial charge on any atom is 0.173 e. The predicted octanol–water partition coefficient (Wildman–Crippen LogP) is 1.71. The first kappa shape index (κ1) is 14.9. The van der Waals surface area contributed by atoms with E-state index in [1.807, 2.05) is 24.3 Å². The minimum absolute atomic E-state index is 0.0317. The number of benzene rings is 1. The van der Waals surface area contributed by atoms with E-state index < -0.39 is 0 Å². The second-order valence-corrected chi connectivity index (χ2v) is 4.53. The summed E-state index contributed by atoms with van der Waals surface area (Å²) >= 11 is 0. The van der Waals surface area contributed by atoms with Crippen LogP contribution in [0.5, 0.6) is 5.75 Å². The van der Waals surface area contributed by atoms with E-state index in [0.717, 1.165) is 24.3 Å². The van der Waals surface area contributed by atoms with Gasteiger partial charge in [-0.05, 0) is 29.8 Å². The van der Waals surface area contributed by atoms with Crippen LogP contribution in [0.15, 0.2) is 46.2 Å². The number of furan rings is 1. The molecule has 0 radical (unpaired) electrons. The third-order valence-corrected chi connectivity index (χ3v) is 3.10. The normalized spacial score (nSPS) is 11.6. The molecule has 1 aromatic carbocycles. The van der Waals surface area contributed by atoms with Gasteiger partial charge in [0.05, 0.1) is 18.9 Å². The van der Waals surface area contributed by atoms with Gasteiger partial charge >= 0.3 is 0 Å². The lowest BCUT2D eigenvalue weighted by atomic mass is 10.1. The van der Waals surface area contributed by atoms with Gasteiger partial charge in [0, 0.05) is 19.5 Å². The highest BCUT2D eigenvalue weighted by atomic mass is 16.5. The van der Waals surface area contributed by atoms with Crippen LogP contribution in [0.4, 0.5) is 0 Å². The molecule has 0 aliphatic heterocycles. The first-order valence-corrected chi connectivity index (χ1v) is 6.62. The smallest absolute Gasteiger partial charge is 0.173 e. The lowest BCUT2D eigenvalue weighted by Crippen LogP contribution is -2.18. The number of amidine groups is 1. The summed E-state index contributed by atoms with van der Waals surface area (Å²) in [6, 6.07) is 9.41. The van der Waals surface area contributed by atoms with Crippen LogP contribution in [0, 0.1) is 0 Å². The molecule has 0 unspecified atom stereocenters.